The van der Waals surface area contributed by atoms with Crippen LogP contribution in [-0.2, 0) is 12.8 Å². The van der Waals surface area contributed by atoms with E-state index in [-0.39, 0.29) is 6.04 Å². The Morgan fingerprint density at radius 1 is 1.20 bits per heavy atom. The van der Waals surface area contributed by atoms with Crippen LogP contribution < -0.4 is 4.74 Å². The molecule has 1 aromatic carbocycles. The maximum Gasteiger partial charge on any atom is 0.125 e. The maximum absolute atomic E-state index is 10.7. The largest absolute Gasteiger partial charge is 0.491 e. The number of rotatable bonds is 1. The lowest BCUT2D eigenvalue weighted by Crippen LogP contribution is -2.29. The van der Waals surface area contributed by atoms with Crippen LogP contribution in [0, 0.1) is 0 Å². The smallest absolute Gasteiger partial charge is 0.125 e. The fourth-order valence-corrected chi connectivity index (χ4v) is 3.34. The van der Waals surface area contributed by atoms with Crippen molar-refractivity contribution in [2.75, 3.05) is 6.61 Å². The first kappa shape index (κ1) is 12.0. The summed E-state index contributed by atoms with van der Waals surface area (Å²) in [5.41, 5.74) is 3.35. The van der Waals surface area contributed by atoms with Gasteiger partial charge in [0.2, 0.25) is 0 Å². The summed E-state index contributed by atoms with van der Waals surface area (Å²) in [6, 6.07) is 7.66. The first-order valence-electron chi connectivity index (χ1n) is 7.29. The normalized spacial score (nSPS) is 24.6. The zero-order chi connectivity index (χ0) is 13.5. The van der Waals surface area contributed by atoms with Crippen LogP contribution in [0.3, 0.4) is 0 Å². The number of aliphatic hydroxyl groups is 1. The van der Waals surface area contributed by atoms with E-state index < -0.39 is 6.10 Å². The van der Waals surface area contributed by atoms with Gasteiger partial charge in [-0.25, -0.2) is 4.98 Å². The first-order chi connectivity index (χ1) is 9.84. The molecule has 2 aliphatic rings. The van der Waals surface area contributed by atoms with Crippen LogP contribution in [0.5, 0.6) is 5.75 Å². The van der Waals surface area contributed by atoms with Crippen molar-refractivity contribution in [2.24, 2.45) is 0 Å². The number of benzene rings is 1. The zero-order valence-electron chi connectivity index (χ0n) is 11.3. The average molecular weight is 270 g/mol. The number of aliphatic hydroxyl groups excluding tert-OH is 1. The van der Waals surface area contributed by atoms with Crippen molar-refractivity contribution in [3.8, 4) is 5.75 Å². The monoisotopic (exact) mass is 270 g/mol. The molecule has 1 aliphatic heterocycles. The van der Waals surface area contributed by atoms with E-state index in [1.807, 2.05) is 30.6 Å². The van der Waals surface area contributed by atoms with E-state index in [1.165, 1.54) is 24.2 Å². The Balaban J connectivity index is 1.72. The van der Waals surface area contributed by atoms with Crippen LogP contribution in [0.4, 0.5) is 0 Å². The molecule has 2 atom stereocenters. The molecule has 4 nitrogen and oxygen atoms in total. The number of hydrogen-bond acceptors (Lipinski definition) is 3. The summed E-state index contributed by atoms with van der Waals surface area (Å²) in [5.74, 6) is 0.797. The molecule has 4 heteroatoms. The Labute approximate surface area is 118 Å². The number of ether oxygens (including phenoxy) is 1. The van der Waals surface area contributed by atoms with Gasteiger partial charge in [-0.15, -0.1) is 0 Å². The van der Waals surface area contributed by atoms with Gasteiger partial charge >= 0.3 is 0 Å². The van der Waals surface area contributed by atoms with E-state index in [1.54, 1.807) is 0 Å². The van der Waals surface area contributed by atoms with Crippen LogP contribution in [0.25, 0.3) is 0 Å². The highest BCUT2D eigenvalue weighted by atomic mass is 16.5. The molecular weight excluding hydrogens is 252 g/mol. The Kier molecular flexibility index (Phi) is 2.77. The van der Waals surface area contributed by atoms with Gasteiger partial charge in [0, 0.05) is 11.3 Å². The summed E-state index contributed by atoms with van der Waals surface area (Å²) in [6.45, 7) is 0.501. The van der Waals surface area contributed by atoms with Gasteiger partial charge < -0.3 is 14.4 Å². The molecule has 2 unspecified atom stereocenters. The highest BCUT2D eigenvalue weighted by Crippen LogP contribution is 2.39. The van der Waals surface area contributed by atoms with Gasteiger partial charge in [0.15, 0.2) is 0 Å². The number of fused-ring (bicyclic) bond motifs is 2. The third-order valence-electron chi connectivity index (χ3n) is 4.43. The second kappa shape index (κ2) is 4.63. The molecule has 4 rings (SSSR count). The lowest BCUT2D eigenvalue weighted by molar-refractivity contribution is 0.0554. The summed E-state index contributed by atoms with van der Waals surface area (Å²) >= 11 is 0. The Morgan fingerprint density at radius 2 is 2.05 bits per heavy atom. The fourth-order valence-electron chi connectivity index (χ4n) is 3.34. The van der Waals surface area contributed by atoms with Crippen LogP contribution >= 0.6 is 0 Å². The Morgan fingerprint density at radius 3 is 3.00 bits per heavy atom. The van der Waals surface area contributed by atoms with Gasteiger partial charge in [0.25, 0.3) is 0 Å². The van der Waals surface area contributed by atoms with Gasteiger partial charge in [0.05, 0.1) is 18.1 Å². The first-order valence-corrected chi connectivity index (χ1v) is 7.29. The van der Waals surface area contributed by atoms with Crippen LogP contribution in [0.2, 0.25) is 0 Å². The molecule has 1 aromatic heterocycles. The molecule has 20 heavy (non-hydrogen) atoms. The number of hydrogen-bond donors (Lipinski definition) is 1. The lowest BCUT2D eigenvalue weighted by Gasteiger charge is -2.32. The topological polar surface area (TPSA) is 47.3 Å². The van der Waals surface area contributed by atoms with E-state index >= 15 is 0 Å². The molecule has 1 N–H and O–H groups in total. The summed E-state index contributed by atoms with van der Waals surface area (Å²) in [6.07, 6.45) is 5.89. The predicted octanol–water partition coefficient (Wildman–Crippen LogP) is 2.43. The molecule has 0 saturated carbocycles. The molecule has 0 spiro atoms. The molecule has 104 valence electrons. The second-order valence-corrected chi connectivity index (χ2v) is 5.61. The van der Waals surface area contributed by atoms with E-state index in [0.29, 0.717) is 6.61 Å². The summed E-state index contributed by atoms with van der Waals surface area (Å²) < 4.78 is 7.95. The van der Waals surface area contributed by atoms with Crippen LogP contribution in [0.1, 0.15) is 41.9 Å². The van der Waals surface area contributed by atoms with E-state index in [2.05, 4.69) is 9.55 Å². The minimum atomic E-state index is -0.528. The van der Waals surface area contributed by atoms with Gasteiger partial charge in [-0.2, -0.15) is 0 Å². The van der Waals surface area contributed by atoms with Crippen molar-refractivity contribution < 1.29 is 9.84 Å². The molecule has 1 aliphatic carbocycles. The molecule has 2 heterocycles. The maximum atomic E-state index is 10.7. The standard InChI is InChI=1S/C16H18N2O2/c19-16-11-5-1-4-8-15(11)20-9-14(16)18-10-17-12-6-2-3-7-13(12)18/h1,4-5,8,10,14,16,19H,2-3,6-7,9H2. The van der Waals surface area contributed by atoms with Crippen LogP contribution in [0.15, 0.2) is 30.6 Å². The number of imidazole rings is 1. The van der Waals surface area contributed by atoms with Crippen molar-refractivity contribution in [2.45, 2.75) is 37.8 Å². The highest BCUT2D eigenvalue weighted by molar-refractivity contribution is 5.37. The highest BCUT2D eigenvalue weighted by Gasteiger charge is 2.32. The van der Waals surface area contributed by atoms with Crippen molar-refractivity contribution in [3.05, 3.63) is 47.5 Å². The lowest BCUT2D eigenvalue weighted by atomic mass is 9.97. The van der Waals surface area contributed by atoms with E-state index in [4.69, 9.17) is 4.74 Å². The number of nitrogens with zero attached hydrogens (tertiary/aromatic N) is 2. The van der Waals surface area contributed by atoms with Gasteiger partial charge in [-0.1, -0.05) is 18.2 Å². The van der Waals surface area contributed by atoms with Crippen molar-refractivity contribution >= 4 is 0 Å². The molecule has 0 saturated heterocycles. The van der Waals surface area contributed by atoms with E-state index in [9.17, 15) is 5.11 Å². The Hall–Kier alpha value is -1.81. The van der Waals surface area contributed by atoms with Crippen LogP contribution in [-0.4, -0.2) is 21.3 Å². The third-order valence-corrected chi connectivity index (χ3v) is 4.43. The quantitative estimate of drug-likeness (QED) is 0.865. The average Bonchev–Trinajstić information content (AvgIpc) is 2.92. The number of aryl methyl sites for hydroxylation is 1. The minimum absolute atomic E-state index is 0.0701. The summed E-state index contributed by atoms with van der Waals surface area (Å²) in [5, 5.41) is 10.7. The Bertz CT molecular complexity index is 635. The second-order valence-electron chi connectivity index (χ2n) is 5.61. The van der Waals surface area contributed by atoms with Gasteiger partial charge in [-0.3, -0.25) is 0 Å². The molecule has 0 amide bonds. The number of aromatic nitrogens is 2. The number of para-hydroxylation sites is 1. The minimum Gasteiger partial charge on any atom is -0.491 e. The third kappa shape index (κ3) is 1.75. The molecule has 0 radical (unpaired) electrons. The zero-order valence-corrected chi connectivity index (χ0v) is 11.3. The molecule has 0 bridgehead atoms. The summed E-state index contributed by atoms with van der Waals surface area (Å²) in [4.78, 5) is 4.52. The SMILES string of the molecule is OC1c2ccccc2OCC1n1cnc2c1CCCC2. The van der Waals surface area contributed by atoms with Crippen molar-refractivity contribution in [3.63, 3.8) is 0 Å². The van der Waals surface area contributed by atoms with Crippen molar-refractivity contribution in [1.29, 1.82) is 0 Å². The molecule has 2 aromatic rings. The molecular formula is C16H18N2O2. The summed E-state index contributed by atoms with van der Waals surface area (Å²) in [7, 11) is 0. The van der Waals surface area contributed by atoms with Crippen molar-refractivity contribution in [1.82, 2.24) is 9.55 Å². The van der Waals surface area contributed by atoms with E-state index in [0.717, 1.165) is 24.2 Å². The predicted molar refractivity (Wildman–Crippen MR) is 74.8 cm³/mol. The molecule has 0 fully saturated rings. The fraction of sp³-hybridized carbons (Fsp3) is 0.438. The van der Waals surface area contributed by atoms with Gasteiger partial charge in [-0.05, 0) is 31.7 Å². The van der Waals surface area contributed by atoms with Gasteiger partial charge in [0.1, 0.15) is 18.5 Å².